The highest BCUT2D eigenvalue weighted by Crippen LogP contribution is 1.98. The maximum atomic E-state index is 4.13. The maximum Gasteiger partial charge on any atom is 0.0426 e. The van der Waals surface area contributed by atoms with Crippen LogP contribution in [0.4, 0.5) is 0 Å². The molecule has 15 heavy (non-hydrogen) atoms. The molecule has 1 heterocycles. The third kappa shape index (κ3) is 5.47. The summed E-state index contributed by atoms with van der Waals surface area (Å²) < 4.78 is 0. The van der Waals surface area contributed by atoms with E-state index in [4.69, 9.17) is 0 Å². The zero-order valence-electron chi connectivity index (χ0n) is 9.00. The van der Waals surface area contributed by atoms with Crippen LogP contribution in [0.15, 0.2) is 66.1 Å². The molecule has 0 radical (unpaired) electrons. The Labute approximate surface area is 91.3 Å². The van der Waals surface area contributed by atoms with Gasteiger partial charge in [0, 0.05) is 38.3 Å². The quantitative estimate of drug-likeness (QED) is 0.587. The highest BCUT2D eigenvalue weighted by atomic mass is 15.1. The molecule has 1 rings (SSSR count). The molecule has 0 unspecified atom stereocenters. The molecule has 0 aromatic carbocycles. The second-order valence-corrected chi connectivity index (χ2v) is 3.21. The van der Waals surface area contributed by atoms with Gasteiger partial charge in [0.25, 0.3) is 0 Å². The molecular formula is C13H16N2. The van der Waals surface area contributed by atoms with E-state index in [1.807, 2.05) is 60.9 Å². The largest absolute Gasteiger partial charge is 0.356 e. The molecular weight excluding hydrogens is 184 g/mol. The molecule has 0 fully saturated rings. The standard InChI is InChI=1S/C13H16N2/c1-13-7-5-3-4-6-9-14-10-12-15(2)11-8-13/h3-5,7-12H,1,6H2,2H3/b4-3-,7-5-,11-8-,12-10-,14-9+. The van der Waals surface area contributed by atoms with Gasteiger partial charge in [0.05, 0.1) is 0 Å². The first-order valence-corrected chi connectivity index (χ1v) is 4.89. The number of rotatable bonds is 0. The van der Waals surface area contributed by atoms with Gasteiger partial charge in [-0.3, -0.25) is 4.99 Å². The molecule has 0 atom stereocenters. The summed E-state index contributed by atoms with van der Waals surface area (Å²) in [6.45, 7) is 3.91. The lowest BCUT2D eigenvalue weighted by Crippen LogP contribution is -1.99. The van der Waals surface area contributed by atoms with Crippen LogP contribution in [0, 0.1) is 0 Å². The van der Waals surface area contributed by atoms with Gasteiger partial charge in [-0.1, -0.05) is 30.9 Å². The lowest BCUT2D eigenvalue weighted by Gasteiger charge is -2.05. The molecule has 2 nitrogen and oxygen atoms in total. The number of aliphatic imine (C=N–C) groups is 1. The first kappa shape index (κ1) is 11.2. The average molecular weight is 200 g/mol. The van der Waals surface area contributed by atoms with Crippen LogP contribution in [0.1, 0.15) is 6.42 Å². The van der Waals surface area contributed by atoms with Crippen molar-refractivity contribution in [2.75, 3.05) is 7.05 Å². The van der Waals surface area contributed by atoms with E-state index < -0.39 is 0 Å². The topological polar surface area (TPSA) is 15.6 Å². The Morgan fingerprint density at radius 2 is 2.13 bits per heavy atom. The molecule has 0 aliphatic carbocycles. The van der Waals surface area contributed by atoms with Gasteiger partial charge in [0.15, 0.2) is 0 Å². The molecule has 0 aromatic heterocycles. The fourth-order valence-electron chi connectivity index (χ4n) is 0.981. The van der Waals surface area contributed by atoms with Crippen LogP contribution in [-0.4, -0.2) is 18.2 Å². The first-order valence-electron chi connectivity index (χ1n) is 4.89. The second kappa shape index (κ2) is 6.60. The van der Waals surface area contributed by atoms with Gasteiger partial charge in [-0.25, -0.2) is 0 Å². The number of hydrogen-bond donors (Lipinski definition) is 0. The summed E-state index contributed by atoms with van der Waals surface area (Å²) in [5.41, 5.74) is 0.972. The van der Waals surface area contributed by atoms with Crippen LogP contribution in [-0.2, 0) is 0 Å². The van der Waals surface area contributed by atoms with Gasteiger partial charge < -0.3 is 4.90 Å². The van der Waals surface area contributed by atoms with Crippen molar-refractivity contribution in [1.29, 1.82) is 0 Å². The van der Waals surface area contributed by atoms with Crippen molar-refractivity contribution in [3.05, 3.63) is 61.1 Å². The van der Waals surface area contributed by atoms with Crippen LogP contribution in [0.25, 0.3) is 0 Å². The third-order valence-electron chi connectivity index (χ3n) is 1.82. The van der Waals surface area contributed by atoms with Crippen molar-refractivity contribution in [3.63, 3.8) is 0 Å². The lowest BCUT2D eigenvalue weighted by molar-refractivity contribution is 0.624. The monoisotopic (exact) mass is 200 g/mol. The minimum Gasteiger partial charge on any atom is -0.356 e. The molecule has 1 aliphatic heterocycles. The highest BCUT2D eigenvalue weighted by molar-refractivity contribution is 5.60. The zero-order chi connectivity index (χ0) is 10.9. The van der Waals surface area contributed by atoms with Crippen LogP contribution < -0.4 is 0 Å². The Morgan fingerprint density at radius 1 is 1.27 bits per heavy atom. The summed E-state index contributed by atoms with van der Waals surface area (Å²) in [6.07, 6.45) is 18.3. The smallest absolute Gasteiger partial charge is 0.0426 e. The van der Waals surface area contributed by atoms with Gasteiger partial charge >= 0.3 is 0 Å². The molecule has 2 heteroatoms. The summed E-state index contributed by atoms with van der Waals surface area (Å²) >= 11 is 0. The van der Waals surface area contributed by atoms with Crippen molar-refractivity contribution < 1.29 is 0 Å². The van der Waals surface area contributed by atoms with E-state index in [9.17, 15) is 0 Å². The predicted molar refractivity (Wildman–Crippen MR) is 66.6 cm³/mol. The molecule has 0 spiro atoms. The highest BCUT2D eigenvalue weighted by Gasteiger charge is 1.83. The summed E-state index contributed by atoms with van der Waals surface area (Å²) in [5.74, 6) is 0. The van der Waals surface area contributed by atoms with Gasteiger partial charge in [-0.05, 0) is 11.6 Å². The van der Waals surface area contributed by atoms with E-state index in [0.29, 0.717) is 0 Å². The first-order chi connectivity index (χ1) is 7.29. The Hall–Kier alpha value is -1.83. The van der Waals surface area contributed by atoms with Crippen molar-refractivity contribution in [3.8, 4) is 0 Å². The lowest BCUT2D eigenvalue weighted by atomic mass is 10.2. The fraction of sp³-hybridized carbons (Fsp3) is 0.154. The maximum absolute atomic E-state index is 4.13. The minimum absolute atomic E-state index is 0.846. The van der Waals surface area contributed by atoms with E-state index in [1.165, 1.54) is 0 Å². The Bertz CT molecular complexity index is 344. The van der Waals surface area contributed by atoms with E-state index in [2.05, 4.69) is 11.6 Å². The van der Waals surface area contributed by atoms with Crippen molar-refractivity contribution in [1.82, 2.24) is 4.90 Å². The summed E-state index contributed by atoms with van der Waals surface area (Å²) in [7, 11) is 1.96. The van der Waals surface area contributed by atoms with Gasteiger partial charge in [0.2, 0.25) is 0 Å². The second-order valence-electron chi connectivity index (χ2n) is 3.21. The van der Waals surface area contributed by atoms with Crippen LogP contribution >= 0.6 is 0 Å². The summed E-state index contributed by atoms with van der Waals surface area (Å²) in [6, 6.07) is 0. The van der Waals surface area contributed by atoms with Crippen molar-refractivity contribution in [2.45, 2.75) is 6.42 Å². The van der Waals surface area contributed by atoms with Crippen LogP contribution in [0.5, 0.6) is 0 Å². The van der Waals surface area contributed by atoms with Crippen LogP contribution in [0.2, 0.25) is 0 Å². The van der Waals surface area contributed by atoms with Crippen LogP contribution in [0.3, 0.4) is 0 Å². The Balaban J connectivity index is 2.75. The Kier molecular flexibility index (Phi) is 4.95. The third-order valence-corrected chi connectivity index (χ3v) is 1.82. The van der Waals surface area contributed by atoms with E-state index in [0.717, 1.165) is 12.0 Å². The molecule has 0 saturated heterocycles. The molecule has 78 valence electrons. The molecule has 0 amide bonds. The Morgan fingerprint density at radius 3 is 3.00 bits per heavy atom. The van der Waals surface area contributed by atoms with Crippen molar-refractivity contribution >= 4 is 6.21 Å². The SMILES string of the molecule is C=C1/C=C\C=C/C/C=N/C=C\N(C)/C=C\1. The zero-order valence-corrected chi connectivity index (χ0v) is 9.00. The molecule has 0 N–H and O–H groups in total. The van der Waals surface area contributed by atoms with E-state index in [1.54, 1.807) is 6.20 Å². The molecule has 0 saturated carbocycles. The predicted octanol–water partition coefficient (Wildman–Crippen LogP) is 3.05. The number of nitrogens with zero attached hydrogens (tertiary/aromatic N) is 2. The average Bonchev–Trinajstić information content (AvgIpc) is 2.24. The number of allylic oxidation sites excluding steroid dienone is 6. The fourth-order valence-corrected chi connectivity index (χ4v) is 0.981. The summed E-state index contributed by atoms with van der Waals surface area (Å²) in [5, 5.41) is 0. The molecule has 0 aromatic rings. The minimum atomic E-state index is 0.846. The van der Waals surface area contributed by atoms with Gasteiger partial charge in [-0.15, -0.1) is 0 Å². The van der Waals surface area contributed by atoms with E-state index >= 15 is 0 Å². The normalized spacial score (nSPS) is 28.1. The molecule has 0 bridgehead atoms. The van der Waals surface area contributed by atoms with Gasteiger partial charge in [0.1, 0.15) is 0 Å². The number of hydrogen-bond acceptors (Lipinski definition) is 2. The van der Waals surface area contributed by atoms with Gasteiger partial charge in [-0.2, -0.15) is 0 Å². The summed E-state index contributed by atoms with van der Waals surface area (Å²) in [4.78, 5) is 6.06. The molecule has 1 aliphatic rings. The van der Waals surface area contributed by atoms with Crippen molar-refractivity contribution in [2.24, 2.45) is 4.99 Å². The van der Waals surface area contributed by atoms with E-state index in [-0.39, 0.29) is 0 Å².